The number of likely N-dealkylation sites (N-methyl/N-ethyl adjacent to an activating group) is 1. The first-order chi connectivity index (χ1) is 8.11. The Morgan fingerprint density at radius 1 is 1.44 bits per heavy atom. The van der Waals surface area contributed by atoms with Crippen LogP contribution in [0.1, 0.15) is 20.3 Å². The lowest BCUT2D eigenvalue weighted by atomic mass is 10.1. The molecule has 1 heterocycles. The van der Waals surface area contributed by atoms with Gasteiger partial charge in [0.1, 0.15) is 6.04 Å². The molecule has 104 valence electrons. The standard InChI is InChI=1S/C11H20N2O5/c1-11(2,18)6-12(3)10(17)13-5-7(14)4-8(13)9(15)16/h7-8,14,18H,4-6H2,1-3H3,(H,15,16)/t7-,8-/m1/s1. The number of carbonyl (C=O) groups excluding carboxylic acids is 1. The lowest BCUT2D eigenvalue weighted by Gasteiger charge is -2.31. The summed E-state index contributed by atoms with van der Waals surface area (Å²) in [6.45, 7) is 3.21. The molecule has 0 aliphatic carbocycles. The molecule has 3 N–H and O–H groups in total. The summed E-state index contributed by atoms with van der Waals surface area (Å²) in [4.78, 5) is 25.4. The Morgan fingerprint density at radius 2 is 2.00 bits per heavy atom. The van der Waals surface area contributed by atoms with E-state index in [1.165, 1.54) is 11.9 Å². The van der Waals surface area contributed by atoms with Crippen molar-refractivity contribution in [3.63, 3.8) is 0 Å². The number of urea groups is 1. The third kappa shape index (κ3) is 3.58. The second-order valence-electron chi connectivity index (χ2n) is 5.35. The minimum Gasteiger partial charge on any atom is -0.480 e. The maximum atomic E-state index is 12.0. The quantitative estimate of drug-likeness (QED) is 0.624. The number of amides is 2. The van der Waals surface area contributed by atoms with E-state index in [9.17, 15) is 19.8 Å². The zero-order valence-corrected chi connectivity index (χ0v) is 10.8. The van der Waals surface area contributed by atoms with Crippen LogP contribution in [0.3, 0.4) is 0 Å². The summed E-state index contributed by atoms with van der Waals surface area (Å²) in [7, 11) is 1.49. The van der Waals surface area contributed by atoms with Crippen LogP contribution < -0.4 is 0 Å². The van der Waals surface area contributed by atoms with E-state index in [0.29, 0.717) is 0 Å². The highest BCUT2D eigenvalue weighted by Crippen LogP contribution is 2.20. The van der Waals surface area contributed by atoms with Gasteiger partial charge in [0.25, 0.3) is 0 Å². The minimum atomic E-state index is -1.13. The van der Waals surface area contributed by atoms with Gasteiger partial charge in [-0.05, 0) is 13.8 Å². The van der Waals surface area contributed by atoms with Crippen LogP contribution in [-0.4, -0.2) is 75.0 Å². The van der Waals surface area contributed by atoms with Crippen molar-refractivity contribution in [1.82, 2.24) is 9.80 Å². The van der Waals surface area contributed by atoms with Crippen molar-refractivity contribution in [1.29, 1.82) is 0 Å². The summed E-state index contributed by atoms with van der Waals surface area (Å²) < 4.78 is 0. The lowest BCUT2D eigenvalue weighted by molar-refractivity contribution is -0.141. The molecule has 1 saturated heterocycles. The number of carbonyl (C=O) groups is 2. The highest BCUT2D eigenvalue weighted by Gasteiger charge is 2.40. The summed E-state index contributed by atoms with van der Waals surface area (Å²) in [5, 5.41) is 28.1. The first kappa shape index (κ1) is 14.7. The second-order valence-corrected chi connectivity index (χ2v) is 5.35. The number of rotatable bonds is 3. The van der Waals surface area contributed by atoms with Crippen molar-refractivity contribution in [2.75, 3.05) is 20.1 Å². The van der Waals surface area contributed by atoms with Crippen LogP contribution in [0.15, 0.2) is 0 Å². The Balaban J connectivity index is 2.73. The van der Waals surface area contributed by atoms with Crippen LogP contribution in [0.2, 0.25) is 0 Å². The third-order valence-corrected chi connectivity index (χ3v) is 2.76. The van der Waals surface area contributed by atoms with E-state index in [4.69, 9.17) is 5.11 Å². The summed E-state index contributed by atoms with van der Waals surface area (Å²) in [5.74, 6) is -1.13. The van der Waals surface area contributed by atoms with Crippen LogP contribution in [0.25, 0.3) is 0 Å². The number of aliphatic hydroxyl groups is 2. The molecule has 1 fully saturated rings. The number of hydrogen-bond donors (Lipinski definition) is 3. The molecule has 1 aliphatic rings. The Kier molecular flexibility index (Phi) is 4.18. The Bertz CT molecular complexity index is 339. The summed E-state index contributed by atoms with van der Waals surface area (Å²) in [6, 6.07) is -1.50. The predicted octanol–water partition coefficient (Wildman–Crippen LogP) is -0.671. The average molecular weight is 260 g/mol. The fraction of sp³-hybridized carbons (Fsp3) is 0.818. The maximum absolute atomic E-state index is 12.0. The molecular weight excluding hydrogens is 240 g/mol. The fourth-order valence-electron chi connectivity index (χ4n) is 2.13. The van der Waals surface area contributed by atoms with Crippen molar-refractivity contribution >= 4 is 12.0 Å². The van der Waals surface area contributed by atoms with Gasteiger partial charge in [0, 0.05) is 20.0 Å². The molecule has 0 saturated carbocycles. The number of hydrogen-bond acceptors (Lipinski definition) is 4. The van der Waals surface area contributed by atoms with Crippen molar-refractivity contribution in [2.45, 2.75) is 38.0 Å². The lowest BCUT2D eigenvalue weighted by Crippen LogP contribution is -2.50. The largest absolute Gasteiger partial charge is 0.480 e. The molecule has 2 atom stereocenters. The first-order valence-electron chi connectivity index (χ1n) is 5.77. The molecule has 0 bridgehead atoms. The number of carboxylic acid groups (broad SMARTS) is 1. The van der Waals surface area contributed by atoms with Gasteiger partial charge in [-0.25, -0.2) is 9.59 Å². The topological polar surface area (TPSA) is 101 Å². The fourth-order valence-corrected chi connectivity index (χ4v) is 2.13. The minimum absolute atomic E-state index is 0.00595. The molecule has 1 aliphatic heterocycles. The van der Waals surface area contributed by atoms with Gasteiger partial charge in [0.2, 0.25) is 0 Å². The molecule has 1 rings (SSSR count). The highest BCUT2D eigenvalue weighted by atomic mass is 16.4. The van der Waals surface area contributed by atoms with Crippen molar-refractivity contribution in [2.24, 2.45) is 0 Å². The van der Waals surface area contributed by atoms with Crippen molar-refractivity contribution in [3.8, 4) is 0 Å². The third-order valence-electron chi connectivity index (χ3n) is 2.76. The van der Waals surface area contributed by atoms with E-state index in [-0.39, 0.29) is 19.5 Å². The second kappa shape index (κ2) is 5.11. The molecular formula is C11H20N2O5. The van der Waals surface area contributed by atoms with Gasteiger partial charge in [0.05, 0.1) is 18.2 Å². The highest BCUT2D eigenvalue weighted by molar-refractivity contribution is 5.83. The van der Waals surface area contributed by atoms with Crippen molar-refractivity contribution in [3.05, 3.63) is 0 Å². The molecule has 7 heteroatoms. The molecule has 18 heavy (non-hydrogen) atoms. The van der Waals surface area contributed by atoms with Gasteiger partial charge in [-0.3, -0.25) is 0 Å². The maximum Gasteiger partial charge on any atom is 0.326 e. The van der Waals surface area contributed by atoms with Gasteiger partial charge >= 0.3 is 12.0 Å². The van der Waals surface area contributed by atoms with Gasteiger partial charge in [-0.1, -0.05) is 0 Å². The number of likely N-dealkylation sites (tertiary alicyclic amines) is 1. The van der Waals surface area contributed by atoms with Crippen LogP contribution in [-0.2, 0) is 4.79 Å². The average Bonchev–Trinajstić information content (AvgIpc) is 2.56. The molecule has 2 amide bonds. The van der Waals surface area contributed by atoms with Gasteiger partial charge in [-0.15, -0.1) is 0 Å². The predicted molar refractivity (Wildman–Crippen MR) is 63.1 cm³/mol. The number of nitrogens with zero attached hydrogens (tertiary/aromatic N) is 2. The Labute approximate surface area is 106 Å². The van der Waals surface area contributed by atoms with E-state index in [1.54, 1.807) is 13.8 Å². The van der Waals surface area contributed by atoms with Crippen molar-refractivity contribution < 1.29 is 24.9 Å². The van der Waals surface area contributed by atoms with Crippen LogP contribution in [0.5, 0.6) is 0 Å². The number of aliphatic hydroxyl groups excluding tert-OH is 1. The molecule has 0 radical (unpaired) electrons. The van der Waals surface area contributed by atoms with Gasteiger partial charge < -0.3 is 25.1 Å². The molecule has 0 unspecified atom stereocenters. The summed E-state index contributed by atoms with van der Waals surface area (Å²) in [6.07, 6.45) is -0.775. The van der Waals surface area contributed by atoms with Crippen LogP contribution in [0.4, 0.5) is 4.79 Å². The van der Waals surface area contributed by atoms with E-state index in [2.05, 4.69) is 0 Å². The molecule has 0 aromatic rings. The van der Waals surface area contributed by atoms with E-state index in [1.807, 2.05) is 0 Å². The Morgan fingerprint density at radius 3 is 2.44 bits per heavy atom. The van der Waals surface area contributed by atoms with E-state index >= 15 is 0 Å². The van der Waals surface area contributed by atoms with E-state index in [0.717, 1.165) is 4.90 Å². The summed E-state index contributed by atoms with van der Waals surface area (Å²) >= 11 is 0. The molecule has 0 spiro atoms. The normalized spacial score (nSPS) is 24.2. The zero-order valence-electron chi connectivity index (χ0n) is 10.8. The van der Waals surface area contributed by atoms with Crippen LogP contribution in [0, 0.1) is 0 Å². The number of β-amino-alcohol motifs (C(OH)–C–C–N with tert-alkyl or cyclic N) is 1. The first-order valence-corrected chi connectivity index (χ1v) is 5.77. The van der Waals surface area contributed by atoms with Gasteiger partial charge in [-0.2, -0.15) is 0 Å². The number of aliphatic carboxylic acids is 1. The monoisotopic (exact) mass is 260 g/mol. The molecule has 0 aromatic heterocycles. The van der Waals surface area contributed by atoms with Crippen LogP contribution >= 0.6 is 0 Å². The summed E-state index contributed by atoms with van der Waals surface area (Å²) in [5.41, 5.74) is -1.05. The SMILES string of the molecule is CN(CC(C)(C)O)C(=O)N1C[C@H](O)C[C@@H]1C(=O)O. The zero-order chi connectivity index (χ0) is 14.1. The van der Waals surface area contributed by atoms with E-state index < -0.39 is 29.7 Å². The van der Waals surface area contributed by atoms with Gasteiger partial charge in [0.15, 0.2) is 0 Å². The smallest absolute Gasteiger partial charge is 0.326 e. The Hall–Kier alpha value is -1.34. The number of carboxylic acids is 1. The molecule has 0 aromatic carbocycles. The molecule has 7 nitrogen and oxygen atoms in total.